The number of hydrogen-bond donors (Lipinski definition) is 1. The lowest BCUT2D eigenvalue weighted by Gasteiger charge is -2.08. The minimum absolute atomic E-state index is 0.0703. The zero-order valence-electron chi connectivity index (χ0n) is 10.9. The second-order valence-electron chi connectivity index (χ2n) is 4.76. The van der Waals surface area contributed by atoms with Crippen LogP contribution < -0.4 is 0 Å². The van der Waals surface area contributed by atoms with Gasteiger partial charge in [-0.25, -0.2) is 9.18 Å². The van der Waals surface area contributed by atoms with Crippen LogP contribution in [-0.2, 0) is 6.54 Å². The van der Waals surface area contributed by atoms with Crippen LogP contribution in [0.4, 0.5) is 4.39 Å². The van der Waals surface area contributed by atoms with E-state index in [2.05, 4.69) is 0 Å². The molecule has 2 aromatic carbocycles. The normalized spacial score (nSPS) is 11.0. The molecule has 0 bridgehead atoms. The number of fused-ring (bicyclic) bond motifs is 1. The standard InChI is InChI=1S/C16H11ClFNO2/c17-13-3-1-10-5-6-19(15(10)8-13)9-12-7-11(16(20)21)2-4-14(12)18/h1-8H,9H2,(H,20,21). The van der Waals surface area contributed by atoms with Gasteiger partial charge in [0.05, 0.1) is 12.1 Å². The smallest absolute Gasteiger partial charge is 0.335 e. The molecular formula is C16H11ClFNO2. The molecule has 5 heteroatoms. The second kappa shape index (κ2) is 5.22. The minimum Gasteiger partial charge on any atom is -0.478 e. The molecule has 0 spiro atoms. The van der Waals surface area contributed by atoms with Crippen molar-refractivity contribution in [3.63, 3.8) is 0 Å². The van der Waals surface area contributed by atoms with Crippen molar-refractivity contribution in [1.82, 2.24) is 4.57 Å². The first-order chi connectivity index (χ1) is 10.0. The Balaban J connectivity index is 2.04. The van der Waals surface area contributed by atoms with E-state index in [1.165, 1.54) is 18.2 Å². The van der Waals surface area contributed by atoms with Crippen molar-refractivity contribution in [2.45, 2.75) is 6.54 Å². The molecule has 0 atom stereocenters. The van der Waals surface area contributed by atoms with Gasteiger partial charge in [0.25, 0.3) is 0 Å². The van der Waals surface area contributed by atoms with Gasteiger partial charge in [-0.15, -0.1) is 0 Å². The van der Waals surface area contributed by atoms with Gasteiger partial charge in [-0.2, -0.15) is 0 Å². The molecule has 0 radical (unpaired) electrons. The Morgan fingerprint density at radius 2 is 2.00 bits per heavy atom. The average Bonchev–Trinajstić information content (AvgIpc) is 2.83. The van der Waals surface area contributed by atoms with Crippen molar-refractivity contribution in [2.75, 3.05) is 0 Å². The topological polar surface area (TPSA) is 42.2 Å². The fraction of sp³-hybridized carbons (Fsp3) is 0.0625. The predicted octanol–water partition coefficient (Wildman–Crippen LogP) is 4.18. The molecule has 0 fully saturated rings. The van der Waals surface area contributed by atoms with Gasteiger partial charge >= 0.3 is 5.97 Å². The number of aromatic nitrogens is 1. The fourth-order valence-corrected chi connectivity index (χ4v) is 2.47. The van der Waals surface area contributed by atoms with Gasteiger partial charge in [0.1, 0.15) is 5.82 Å². The summed E-state index contributed by atoms with van der Waals surface area (Å²) < 4.78 is 15.7. The highest BCUT2D eigenvalue weighted by Gasteiger charge is 2.10. The molecule has 0 unspecified atom stereocenters. The van der Waals surface area contributed by atoms with Crippen LogP contribution >= 0.6 is 11.6 Å². The van der Waals surface area contributed by atoms with E-state index in [1.54, 1.807) is 12.1 Å². The van der Waals surface area contributed by atoms with Gasteiger partial charge < -0.3 is 9.67 Å². The fourth-order valence-electron chi connectivity index (χ4n) is 2.31. The van der Waals surface area contributed by atoms with Crippen molar-refractivity contribution >= 4 is 28.5 Å². The Morgan fingerprint density at radius 1 is 1.19 bits per heavy atom. The highest BCUT2D eigenvalue weighted by molar-refractivity contribution is 6.31. The third-order valence-electron chi connectivity index (χ3n) is 3.37. The summed E-state index contributed by atoms with van der Waals surface area (Å²) in [7, 11) is 0. The number of nitrogens with zero attached hydrogens (tertiary/aromatic N) is 1. The average molecular weight is 304 g/mol. The summed E-state index contributed by atoms with van der Waals surface area (Å²) in [6.45, 7) is 0.247. The molecule has 0 saturated carbocycles. The summed E-state index contributed by atoms with van der Waals surface area (Å²) in [6, 6.07) is 11.2. The summed E-state index contributed by atoms with van der Waals surface area (Å²) in [5.74, 6) is -1.50. The van der Waals surface area contributed by atoms with Crippen molar-refractivity contribution < 1.29 is 14.3 Å². The maximum absolute atomic E-state index is 13.9. The summed E-state index contributed by atoms with van der Waals surface area (Å²) in [6.07, 6.45) is 1.83. The third kappa shape index (κ3) is 2.62. The SMILES string of the molecule is O=C(O)c1ccc(F)c(Cn2ccc3ccc(Cl)cc32)c1. The molecule has 0 aliphatic rings. The first-order valence-electron chi connectivity index (χ1n) is 6.31. The Labute approximate surface area is 125 Å². The summed E-state index contributed by atoms with van der Waals surface area (Å²) >= 11 is 5.98. The molecule has 1 N–H and O–H groups in total. The lowest BCUT2D eigenvalue weighted by atomic mass is 10.1. The van der Waals surface area contributed by atoms with Gasteiger partial charge in [0.15, 0.2) is 0 Å². The van der Waals surface area contributed by atoms with Crippen LogP contribution in [0.1, 0.15) is 15.9 Å². The van der Waals surface area contributed by atoms with E-state index in [0.29, 0.717) is 10.6 Å². The van der Waals surface area contributed by atoms with E-state index in [-0.39, 0.29) is 12.1 Å². The van der Waals surface area contributed by atoms with Crippen molar-refractivity contribution in [1.29, 1.82) is 0 Å². The first kappa shape index (κ1) is 13.6. The first-order valence-corrected chi connectivity index (χ1v) is 6.68. The number of halogens is 2. The quantitative estimate of drug-likeness (QED) is 0.788. The molecular weight excluding hydrogens is 293 g/mol. The molecule has 21 heavy (non-hydrogen) atoms. The molecule has 3 aromatic rings. The number of rotatable bonds is 3. The van der Waals surface area contributed by atoms with Gasteiger partial charge in [0.2, 0.25) is 0 Å². The van der Waals surface area contributed by atoms with Crippen LogP contribution in [0.2, 0.25) is 5.02 Å². The largest absolute Gasteiger partial charge is 0.478 e. The van der Waals surface area contributed by atoms with Crippen molar-refractivity contribution in [3.05, 3.63) is 70.6 Å². The Morgan fingerprint density at radius 3 is 2.76 bits per heavy atom. The van der Waals surface area contributed by atoms with Crippen LogP contribution in [0.15, 0.2) is 48.7 Å². The Kier molecular flexibility index (Phi) is 3.39. The van der Waals surface area contributed by atoms with Gasteiger partial charge in [-0.1, -0.05) is 17.7 Å². The lowest BCUT2D eigenvalue weighted by Crippen LogP contribution is -2.04. The van der Waals surface area contributed by atoms with E-state index >= 15 is 0 Å². The summed E-state index contributed by atoms with van der Waals surface area (Å²) in [4.78, 5) is 11.0. The summed E-state index contributed by atoms with van der Waals surface area (Å²) in [5, 5.41) is 10.6. The predicted molar refractivity (Wildman–Crippen MR) is 79.4 cm³/mol. The molecule has 0 amide bonds. The van der Waals surface area contributed by atoms with Crippen LogP contribution in [0.5, 0.6) is 0 Å². The van der Waals surface area contributed by atoms with Gasteiger partial charge in [0, 0.05) is 22.3 Å². The van der Waals surface area contributed by atoms with E-state index in [1.807, 2.05) is 22.9 Å². The highest BCUT2D eigenvalue weighted by Crippen LogP contribution is 2.22. The zero-order valence-corrected chi connectivity index (χ0v) is 11.6. The molecule has 3 rings (SSSR count). The number of carboxylic acids is 1. The van der Waals surface area contributed by atoms with E-state index in [4.69, 9.17) is 16.7 Å². The Hall–Kier alpha value is -2.33. The van der Waals surface area contributed by atoms with Crippen LogP contribution in [0.3, 0.4) is 0 Å². The molecule has 106 valence electrons. The number of hydrogen-bond acceptors (Lipinski definition) is 1. The van der Waals surface area contributed by atoms with Gasteiger partial charge in [-0.05, 0) is 41.8 Å². The van der Waals surface area contributed by atoms with E-state index in [9.17, 15) is 9.18 Å². The zero-order chi connectivity index (χ0) is 15.0. The lowest BCUT2D eigenvalue weighted by molar-refractivity contribution is 0.0696. The van der Waals surface area contributed by atoms with Crippen molar-refractivity contribution in [3.8, 4) is 0 Å². The van der Waals surface area contributed by atoms with Crippen LogP contribution in [0.25, 0.3) is 10.9 Å². The number of carboxylic acid groups (broad SMARTS) is 1. The molecule has 0 aliphatic carbocycles. The number of carbonyl (C=O) groups is 1. The molecule has 1 aromatic heterocycles. The Bertz CT molecular complexity index is 841. The molecule has 3 nitrogen and oxygen atoms in total. The number of benzene rings is 2. The molecule has 1 heterocycles. The minimum atomic E-state index is -1.07. The maximum atomic E-state index is 13.9. The summed E-state index contributed by atoms with van der Waals surface area (Å²) in [5.41, 5.74) is 1.27. The van der Waals surface area contributed by atoms with E-state index in [0.717, 1.165) is 10.9 Å². The van der Waals surface area contributed by atoms with Crippen molar-refractivity contribution in [2.24, 2.45) is 0 Å². The number of aromatic carboxylic acids is 1. The monoisotopic (exact) mass is 303 g/mol. The van der Waals surface area contributed by atoms with E-state index < -0.39 is 11.8 Å². The highest BCUT2D eigenvalue weighted by atomic mass is 35.5. The van der Waals surface area contributed by atoms with Crippen LogP contribution in [0, 0.1) is 5.82 Å². The van der Waals surface area contributed by atoms with Gasteiger partial charge in [-0.3, -0.25) is 0 Å². The second-order valence-corrected chi connectivity index (χ2v) is 5.19. The third-order valence-corrected chi connectivity index (χ3v) is 3.60. The molecule has 0 saturated heterocycles. The maximum Gasteiger partial charge on any atom is 0.335 e. The van der Waals surface area contributed by atoms with Crippen LogP contribution in [-0.4, -0.2) is 15.6 Å². The molecule has 0 aliphatic heterocycles.